The summed E-state index contributed by atoms with van der Waals surface area (Å²) in [6.07, 6.45) is 0.0852. The van der Waals surface area contributed by atoms with E-state index in [0.717, 1.165) is 0 Å². The number of carbonyl (C=O) groups excluding carboxylic acids is 1. The second-order valence-corrected chi connectivity index (χ2v) is 6.30. The molecule has 0 aliphatic carbocycles. The van der Waals surface area contributed by atoms with Crippen LogP contribution in [0.15, 0.2) is 35.1 Å². The fourth-order valence-corrected chi connectivity index (χ4v) is 3.07. The smallest absolute Gasteiger partial charge is 0.310 e. The van der Waals surface area contributed by atoms with Crippen LogP contribution in [0.5, 0.6) is 0 Å². The minimum absolute atomic E-state index is 0.00417. The van der Waals surface area contributed by atoms with Crippen molar-refractivity contribution in [3.8, 4) is 0 Å². The third-order valence-electron chi connectivity index (χ3n) is 3.06. The Morgan fingerprint density at radius 2 is 2.17 bits per heavy atom. The molecule has 2 heterocycles. The van der Waals surface area contributed by atoms with Gasteiger partial charge in [-0.25, -0.2) is 4.98 Å². The van der Waals surface area contributed by atoms with Gasteiger partial charge in [-0.05, 0) is 18.6 Å². The molecule has 0 saturated heterocycles. The van der Waals surface area contributed by atoms with E-state index in [1.54, 1.807) is 25.1 Å². The van der Waals surface area contributed by atoms with Crippen LogP contribution in [0, 0.1) is 6.92 Å². The molecule has 0 aliphatic rings. The summed E-state index contributed by atoms with van der Waals surface area (Å²) in [5.41, 5.74) is 1.08. The molecule has 0 atom stereocenters. The number of fused-ring (bicyclic) bond motifs is 1. The molecule has 2 aromatic heterocycles. The van der Waals surface area contributed by atoms with E-state index in [9.17, 15) is 9.59 Å². The monoisotopic (exact) mass is 349 g/mol. The van der Waals surface area contributed by atoms with Crippen molar-refractivity contribution < 1.29 is 9.53 Å². The number of halogens is 1. The zero-order valence-corrected chi connectivity index (χ0v) is 13.7. The highest BCUT2D eigenvalue weighted by Crippen LogP contribution is 2.17. The van der Waals surface area contributed by atoms with Crippen LogP contribution in [0.1, 0.15) is 16.3 Å². The Morgan fingerprint density at radius 1 is 1.39 bits per heavy atom. The predicted molar refractivity (Wildman–Crippen MR) is 86.8 cm³/mol. The molecule has 3 aromatic rings. The van der Waals surface area contributed by atoms with Gasteiger partial charge >= 0.3 is 5.97 Å². The van der Waals surface area contributed by atoms with Gasteiger partial charge in [-0.1, -0.05) is 41.1 Å². The quantitative estimate of drug-likeness (QED) is 0.676. The number of esters is 1. The summed E-state index contributed by atoms with van der Waals surface area (Å²) in [6.45, 7) is 1.74. The fourth-order valence-electron chi connectivity index (χ4n) is 2.01. The molecule has 0 radical (unpaired) electrons. The van der Waals surface area contributed by atoms with Gasteiger partial charge in [-0.2, -0.15) is 9.61 Å². The number of hydrogen-bond acceptors (Lipinski definition) is 6. The van der Waals surface area contributed by atoms with Crippen molar-refractivity contribution in [2.24, 2.45) is 0 Å². The number of benzene rings is 1. The number of carbonyl (C=O) groups is 1. The van der Waals surface area contributed by atoms with Crippen LogP contribution >= 0.6 is 22.9 Å². The van der Waals surface area contributed by atoms with Gasteiger partial charge in [0, 0.05) is 16.8 Å². The van der Waals surface area contributed by atoms with E-state index in [0.29, 0.717) is 26.2 Å². The lowest BCUT2D eigenvalue weighted by molar-refractivity contribution is -0.144. The zero-order valence-electron chi connectivity index (χ0n) is 12.2. The first-order valence-corrected chi connectivity index (χ1v) is 7.98. The van der Waals surface area contributed by atoms with E-state index in [1.807, 2.05) is 6.07 Å². The normalized spacial score (nSPS) is 10.9. The van der Waals surface area contributed by atoms with Gasteiger partial charge in [0.25, 0.3) is 5.56 Å². The van der Waals surface area contributed by atoms with Crippen molar-refractivity contribution in [1.82, 2.24) is 14.6 Å². The van der Waals surface area contributed by atoms with Crippen LogP contribution in [0.25, 0.3) is 4.96 Å². The number of nitrogens with zero attached hydrogens (tertiary/aromatic N) is 3. The second-order valence-electron chi connectivity index (χ2n) is 4.85. The molecule has 0 fully saturated rings. The Hall–Kier alpha value is -2.25. The van der Waals surface area contributed by atoms with Gasteiger partial charge in [0.05, 0.1) is 6.42 Å². The largest absolute Gasteiger partial charge is 0.458 e. The highest BCUT2D eigenvalue weighted by molar-refractivity contribution is 7.16. The highest BCUT2D eigenvalue weighted by Gasteiger charge is 2.12. The summed E-state index contributed by atoms with van der Waals surface area (Å²) in [4.78, 5) is 28.4. The third-order valence-corrected chi connectivity index (χ3v) is 4.31. The molecule has 23 heavy (non-hydrogen) atoms. The Labute approximate surface area is 140 Å². The summed E-state index contributed by atoms with van der Waals surface area (Å²) in [5.74, 6) is -0.408. The van der Waals surface area contributed by atoms with E-state index in [4.69, 9.17) is 16.3 Å². The van der Waals surface area contributed by atoms with Crippen LogP contribution in [0.2, 0.25) is 5.02 Å². The first-order valence-electron chi connectivity index (χ1n) is 6.78. The van der Waals surface area contributed by atoms with Crippen LogP contribution in [-0.2, 0) is 22.6 Å². The maximum atomic E-state index is 11.9. The van der Waals surface area contributed by atoms with Gasteiger partial charge in [-0.3, -0.25) is 9.59 Å². The Bertz CT molecular complexity index is 935. The van der Waals surface area contributed by atoms with Crippen molar-refractivity contribution in [1.29, 1.82) is 0 Å². The van der Waals surface area contributed by atoms with Gasteiger partial charge in [0.15, 0.2) is 5.01 Å². The lowest BCUT2D eigenvalue weighted by atomic mass is 10.1. The van der Waals surface area contributed by atoms with Gasteiger partial charge in [0.1, 0.15) is 6.61 Å². The molecule has 0 aliphatic heterocycles. The third kappa shape index (κ3) is 3.57. The standard InChI is InChI=1S/C15H12ClN3O3S/c1-9-6-13(20)19-15(17-9)23-12(18-19)8-22-14(21)7-10-4-2-3-5-11(10)16/h2-6H,7-8H2,1H3. The van der Waals surface area contributed by atoms with E-state index in [-0.39, 0.29) is 18.6 Å². The molecule has 0 spiro atoms. The zero-order chi connectivity index (χ0) is 16.4. The average molecular weight is 350 g/mol. The van der Waals surface area contributed by atoms with Gasteiger partial charge in [0.2, 0.25) is 4.96 Å². The average Bonchev–Trinajstić information content (AvgIpc) is 2.91. The summed E-state index contributed by atoms with van der Waals surface area (Å²) in [6, 6.07) is 8.50. The van der Waals surface area contributed by atoms with E-state index in [2.05, 4.69) is 10.1 Å². The predicted octanol–water partition coefficient (Wildman–Crippen LogP) is 2.40. The fraction of sp³-hybridized carbons (Fsp3) is 0.200. The number of ether oxygens (including phenoxy) is 1. The molecular formula is C15H12ClN3O3S. The molecule has 0 saturated carbocycles. The van der Waals surface area contributed by atoms with E-state index in [1.165, 1.54) is 21.9 Å². The summed E-state index contributed by atoms with van der Waals surface area (Å²) >= 11 is 7.22. The first kappa shape index (κ1) is 15.6. The number of rotatable bonds is 4. The molecule has 1 aromatic carbocycles. The van der Waals surface area contributed by atoms with Crippen molar-refractivity contribution in [2.45, 2.75) is 20.0 Å². The van der Waals surface area contributed by atoms with E-state index >= 15 is 0 Å². The summed E-state index contributed by atoms with van der Waals surface area (Å²) in [5, 5.41) is 5.14. The Morgan fingerprint density at radius 3 is 2.96 bits per heavy atom. The topological polar surface area (TPSA) is 73.6 Å². The highest BCUT2D eigenvalue weighted by atomic mass is 35.5. The van der Waals surface area contributed by atoms with Crippen molar-refractivity contribution in [3.63, 3.8) is 0 Å². The lowest BCUT2D eigenvalue weighted by Gasteiger charge is -2.04. The molecule has 0 N–H and O–H groups in total. The van der Waals surface area contributed by atoms with Crippen LogP contribution in [-0.4, -0.2) is 20.6 Å². The van der Waals surface area contributed by atoms with Crippen LogP contribution < -0.4 is 5.56 Å². The minimum Gasteiger partial charge on any atom is -0.458 e. The molecule has 0 bridgehead atoms. The maximum absolute atomic E-state index is 11.9. The lowest BCUT2D eigenvalue weighted by Crippen LogP contribution is -2.14. The number of aryl methyl sites for hydroxylation is 1. The second kappa shape index (κ2) is 6.47. The van der Waals surface area contributed by atoms with Crippen LogP contribution in [0.3, 0.4) is 0 Å². The van der Waals surface area contributed by atoms with Crippen molar-refractivity contribution >= 4 is 33.9 Å². The first-order chi connectivity index (χ1) is 11.0. The molecule has 3 rings (SSSR count). The summed E-state index contributed by atoms with van der Waals surface area (Å²) in [7, 11) is 0. The number of aromatic nitrogens is 3. The minimum atomic E-state index is -0.408. The number of hydrogen-bond donors (Lipinski definition) is 0. The molecule has 118 valence electrons. The molecule has 6 nitrogen and oxygen atoms in total. The van der Waals surface area contributed by atoms with E-state index < -0.39 is 5.97 Å². The molecule has 0 unspecified atom stereocenters. The van der Waals surface area contributed by atoms with Crippen molar-refractivity contribution in [3.05, 3.63) is 62.0 Å². The maximum Gasteiger partial charge on any atom is 0.310 e. The van der Waals surface area contributed by atoms with Gasteiger partial charge in [-0.15, -0.1) is 0 Å². The Balaban J connectivity index is 1.69. The molecule has 8 heteroatoms. The van der Waals surface area contributed by atoms with Crippen LogP contribution in [0.4, 0.5) is 0 Å². The molecule has 0 amide bonds. The summed E-state index contributed by atoms with van der Waals surface area (Å²) < 4.78 is 6.40. The molecular weight excluding hydrogens is 338 g/mol. The van der Waals surface area contributed by atoms with Crippen molar-refractivity contribution in [2.75, 3.05) is 0 Å². The SMILES string of the molecule is Cc1cc(=O)n2nc(COC(=O)Cc3ccccc3Cl)sc2n1. The Kier molecular flexibility index (Phi) is 4.40. The van der Waals surface area contributed by atoms with Gasteiger partial charge < -0.3 is 4.74 Å².